The third-order valence-electron chi connectivity index (χ3n) is 9.50. The maximum absolute atomic E-state index is 11.8. The van der Waals surface area contributed by atoms with Gasteiger partial charge in [-0.25, -0.2) is 0 Å². The van der Waals surface area contributed by atoms with Gasteiger partial charge >= 0.3 is 0 Å². The number of hydrogen-bond donors (Lipinski definition) is 2. The fraction of sp³-hybridized carbons (Fsp3) is 0.955. The molecule has 4 saturated carbocycles. The fourth-order valence-corrected chi connectivity index (χ4v) is 8.56. The molecule has 3 heteroatoms. The normalized spacial score (nSPS) is 56.4. The van der Waals surface area contributed by atoms with Crippen molar-refractivity contribution in [3.05, 3.63) is 0 Å². The highest BCUT2D eigenvalue weighted by molar-refractivity contribution is 5.55. The summed E-state index contributed by atoms with van der Waals surface area (Å²) in [4.78, 5) is 11.8. The summed E-state index contributed by atoms with van der Waals surface area (Å²) < 4.78 is 0. The standard InChI is InChI=1S/C22H36O3/c1-13(24)20-14(12-23)11-18-15-6-7-17-19(25)5-4-9-21(17,2)16(15)8-10-22(18,20)3/h12-20,24-25H,4-11H2,1-3H3/t13-,14+,15-,16?,17+,18+,19+,20+,21-,22+/m1/s1. The second-order valence-electron chi connectivity index (χ2n) is 10.4. The van der Waals surface area contributed by atoms with Crippen molar-refractivity contribution in [2.24, 2.45) is 46.3 Å². The van der Waals surface area contributed by atoms with E-state index in [1.165, 1.54) is 19.3 Å². The van der Waals surface area contributed by atoms with Crippen molar-refractivity contribution in [1.29, 1.82) is 0 Å². The van der Waals surface area contributed by atoms with Crippen molar-refractivity contribution in [1.82, 2.24) is 0 Å². The molecule has 0 aromatic heterocycles. The number of aliphatic hydroxyl groups excluding tert-OH is 2. The summed E-state index contributed by atoms with van der Waals surface area (Å²) in [5.41, 5.74) is 0.388. The number of carbonyl (C=O) groups is 1. The molecule has 0 aromatic rings. The fourth-order valence-electron chi connectivity index (χ4n) is 8.56. The molecule has 0 heterocycles. The first-order chi connectivity index (χ1) is 11.8. The van der Waals surface area contributed by atoms with Crippen molar-refractivity contribution in [3.63, 3.8) is 0 Å². The van der Waals surface area contributed by atoms with Gasteiger partial charge in [-0.15, -0.1) is 0 Å². The summed E-state index contributed by atoms with van der Waals surface area (Å²) in [5, 5.41) is 21.0. The van der Waals surface area contributed by atoms with Gasteiger partial charge in [-0.1, -0.05) is 20.3 Å². The number of rotatable bonds is 2. The minimum absolute atomic E-state index is 0.0243. The molecule has 25 heavy (non-hydrogen) atoms. The van der Waals surface area contributed by atoms with Crippen molar-refractivity contribution in [3.8, 4) is 0 Å². The van der Waals surface area contributed by atoms with Crippen LogP contribution < -0.4 is 0 Å². The van der Waals surface area contributed by atoms with E-state index in [0.29, 0.717) is 23.7 Å². The first-order valence-electron chi connectivity index (χ1n) is 10.6. The Labute approximate surface area is 152 Å². The van der Waals surface area contributed by atoms with Gasteiger partial charge in [-0.2, -0.15) is 0 Å². The van der Waals surface area contributed by atoms with Gasteiger partial charge in [0.15, 0.2) is 0 Å². The SMILES string of the molecule is C[C@@H](O)[C@H]1[C@H](C=O)C[C@H]2[C@@H]3CC[C@H]4[C@@H](O)CCC[C@]4(C)C3CC[C@]12C. The van der Waals surface area contributed by atoms with Gasteiger partial charge in [-0.3, -0.25) is 0 Å². The smallest absolute Gasteiger partial charge is 0.123 e. The Morgan fingerprint density at radius 1 is 1.00 bits per heavy atom. The van der Waals surface area contributed by atoms with Crippen molar-refractivity contribution >= 4 is 6.29 Å². The molecule has 3 nitrogen and oxygen atoms in total. The van der Waals surface area contributed by atoms with Gasteiger partial charge in [0.1, 0.15) is 6.29 Å². The number of hydrogen-bond acceptors (Lipinski definition) is 3. The molecule has 0 amide bonds. The average Bonchev–Trinajstić information content (AvgIpc) is 2.87. The van der Waals surface area contributed by atoms with Crippen LogP contribution in [0.1, 0.15) is 72.1 Å². The number of carbonyl (C=O) groups excluding carboxylic acids is 1. The van der Waals surface area contributed by atoms with Gasteiger partial charge < -0.3 is 15.0 Å². The molecule has 0 saturated heterocycles. The van der Waals surface area contributed by atoms with Gasteiger partial charge in [0.05, 0.1) is 12.2 Å². The highest BCUT2D eigenvalue weighted by Gasteiger charge is 2.63. The van der Waals surface area contributed by atoms with E-state index in [0.717, 1.165) is 38.4 Å². The highest BCUT2D eigenvalue weighted by Crippen LogP contribution is 2.68. The molecular formula is C22H36O3. The van der Waals surface area contributed by atoms with E-state index in [1.54, 1.807) is 0 Å². The van der Waals surface area contributed by atoms with Crippen molar-refractivity contribution in [2.45, 2.75) is 84.3 Å². The van der Waals surface area contributed by atoms with E-state index in [9.17, 15) is 15.0 Å². The summed E-state index contributed by atoms with van der Waals surface area (Å²) in [7, 11) is 0. The van der Waals surface area contributed by atoms with Gasteiger partial charge in [-0.05, 0) is 92.3 Å². The predicted octanol–water partition coefficient (Wildman–Crippen LogP) is 3.81. The molecule has 4 aliphatic rings. The van der Waals surface area contributed by atoms with Crippen molar-refractivity contribution < 1.29 is 15.0 Å². The summed E-state index contributed by atoms with van der Waals surface area (Å²) >= 11 is 0. The number of fused-ring (bicyclic) bond motifs is 5. The predicted molar refractivity (Wildman–Crippen MR) is 97.8 cm³/mol. The second kappa shape index (κ2) is 6.05. The Morgan fingerprint density at radius 3 is 2.44 bits per heavy atom. The molecule has 4 fully saturated rings. The lowest BCUT2D eigenvalue weighted by molar-refractivity contribution is -0.148. The van der Waals surface area contributed by atoms with E-state index < -0.39 is 6.10 Å². The van der Waals surface area contributed by atoms with Crippen LogP contribution in [0.2, 0.25) is 0 Å². The summed E-state index contributed by atoms with van der Waals surface area (Å²) in [5.74, 6) is 2.56. The van der Waals surface area contributed by atoms with Gasteiger partial charge in [0.25, 0.3) is 0 Å². The molecule has 142 valence electrons. The third-order valence-corrected chi connectivity index (χ3v) is 9.50. The molecule has 0 radical (unpaired) electrons. The topological polar surface area (TPSA) is 57.5 Å². The van der Waals surface area contributed by atoms with Crippen LogP contribution in [0.5, 0.6) is 0 Å². The van der Waals surface area contributed by atoms with E-state index in [-0.39, 0.29) is 28.8 Å². The maximum Gasteiger partial charge on any atom is 0.123 e. The van der Waals surface area contributed by atoms with Crippen LogP contribution in [-0.2, 0) is 4.79 Å². The minimum atomic E-state index is -0.398. The lowest BCUT2D eigenvalue weighted by Gasteiger charge is -2.61. The Bertz CT molecular complexity index is 531. The Hall–Kier alpha value is -0.410. The van der Waals surface area contributed by atoms with E-state index >= 15 is 0 Å². The summed E-state index contributed by atoms with van der Waals surface area (Å²) in [6, 6.07) is 0. The molecule has 0 aliphatic heterocycles. The van der Waals surface area contributed by atoms with Crippen molar-refractivity contribution in [2.75, 3.05) is 0 Å². The van der Waals surface area contributed by atoms with Crippen LogP contribution in [0.25, 0.3) is 0 Å². The molecule has 4 aliphatic carbocycles. The first-order valence-corrected chi connectivity index (χ1v) is 10.6. The zero-order chi connectivity index (χ0) is 18.0. The molecule has 0 aromatic carbocycles. The molecule has 10 atom stereocenters. The molecular weight excluding hydrogens is 312 g/mol. The molecule has 1 unspecified atom stereocenters. The Balaban J connectivity index is 1.66. The first kappa shape index (κ1) is 18.0. The number of aldehydes is 1. The molecule has 0 bridgehead atoms. The van der Waals surface area contributed by atoms with E-state index in [4.69, 9.17) is 0 Å². The molecule has 0 spiro atoms. The Kier molecular flexibility index (Phi) is 4.35. The zero-order valence-electron chi connectivity index (χ0n) is 16.2. The van der Waals surface area contributed by atoms with Gasteiger partial charge in [0.2, 0.25) is 0 Å². The quantitative estimate of drug-likeness (QED) is 0.746. The highest BCUT2D eigenvalue weighted by atomic mass is 16.3. The van der Waals surface area contributed by atoms with Crippen LogP contribution in [0, 0.1) is 46.3 Å². The summed E-state index contributed by atoms with van der Waals surface area (Å²) in [6.45, 7) is 6.70. The largest absolute Gasteiger partial charge is 0.393 e. The lowest BCUT2D eigenvalue weighted by Crippen LogP contribution is -2.56. The van der Waals surface area contributed by atoms with E-state index in [2.05, 4.69) is 13.8 Å². The molecule has 4 rings (SSSR count). The van der Waals surface area contributed by atoms with E-state index in [1.807, 2.05) is 6.92 Å². The zero-order valence-corrected chi connectivity index (χ0v) is 16.2. The average molecular weight is 349 g/mol. The monoisotopic (exact) mass is 348 g/mol. The van der Waals surface area contributed by atoms with Crippen LogP contribution >= 0.6 is 0 Å². The van der Waals surface area contributed by atoms with Crippen LogP contribution in [0.3, 0.4) is 0 Å². The maximum atomic E-state index is 11.8. The Morgan fingerprint density at radius 2 is 1.76 bits per heavy atom. The van der Waals surface area contributed by atoms with Crippen LogP contribution in [0.4, 0.5) is 0 Å². The molecule has 2 N–H and O–H groups in total. The lowest BCUT2D eigenvalue weighted by atomic mass is 9.44. The number of aliphatic hydroxyl groups is 2. The van der Waals surface area contributed by atoms with Crippen LogP contribution in [0.15, 0.2) is 0 Å². The summed E-state index contributed by atoms with van der Waals surface area (Å²) in [6.07, 6.45) is 9.71. The van der Waals surface area contributed by atoms with Gasteiger partial charge in [0, 0.05) is 5.92 Å². The third kappa shape index (κ3) is 2.41. The second-order valence-corrected chi connectivity index (χ2v) is 10.4. The minimum Gasteiger partial charge on any atom is -0.393 e. The van der Waals surface area contributed by atoms with Crippen LogP contribution in [-0.4, -0.2) is 28.7 Å².